The maximum absolute atomic E-state index is 11.7. The third-order valence-electron chi connectivity index (χ3n) is 3.20. The standard InChI is InChI=1S/C18H17Cl2N3O4/c1-26-14-4-2-3-12(7-14)9-22-23-17(24)10-21-18(25)11-27-16-6-5-13(19)8-15(16)20/h2-9H,10-11H2,1H3,(H,21,25)(H,23,24)/b22-9+. The lowest BCUT2D eigenvalue weighted by Crippen LogP contribution is -2.37. The van der Waals surface area contributed by atoms with E-state index in [1.165, 1.54) is 12.3 Å². The van der Waals surface area contributed by atoms with Crippen LogP contribution in [0.1, 0.15) is 5.56 Å². The number of hydrogen-bond donors (Lipinski definition) is 2. The lowest BCUT2D eigenvalue weighted by atomic mass is 10.2. The van der Waals surface area contributed by atoms with E-state index >= 15 is 0 Å². The Labute approximate surface area is 166 Å². The van der Waals surface area contributed by atoms with E-state index < -0.39 is 11.8 Å². The summed E-state index contributed by atoms with van der Waals surface area (Å²) in [7, 11) is 1.56. The molecule has 0 fully saturated rings. The number of carbonyl (C=O) groups is 2. The molecule has 2 N–H and O–H groups in total. The van der Waals surface area contributed by atoms with Gasteiger partial charge in [-0.1, -0.05) is 35.3 Å². The van der Waals surface area contributed by atoms with Gasteiger partial charge in [-0.3, -0.25) is 9.59 Å². The van der Waals surface area contributed by atoms with Gasteiger partial charge in [0.25, 0.3) is 11.8 Å². The zero-order valence-electron chi connectivity index (χ0n) is 14.4. The van der Waals surface area contributed by atoms with Crippen molar-refractivity contribution in [3.8, 4) is 11.5 Å². The highest BCUT2D eigenvalue weighted by Gasteiger charge is 2.08. The molecule has 0 aliphatic rings. The number of hydrogen-bond acceptors (Lipinski definition) is 5. The largest absolute Gasteiger partial charge is 0.497 e. The predicted octanol–water partition coefficient (Wildman–Crippen LogP) is 2.65. The first-order valence-electron chi connectivity index (χ1n) is 7.78. The quantitative estimate of drug-likeness (QED) is 0.517. The number of rotatable bonds is 8. The summed E-state index contributed by atoms with van der Waals surface area (Å²) in [5.74, 6) is 0.0434. The number of hydrazone groups is 1. The molecule has 0 atom stereocenters. The molecule has 0 aliphatic carbocycles. The summed E-state index contributed by atoms with van der Waals surface area (Å²) in [5, 5.41) is 6.98. The molecule has 0 heterocycles. The lowest BCUT2D eigenvalue weighted by Gasteiger charge is -2.08. The monoisotopic (exact) mass is 409 g/mol. The Morgan fingerprint density at radius 2 is 1.96 bits per heavy atom. The number of methoxy groups -OCH3 is 1. The Kier molecular flexibility index (Phi) is 7.91. The zero-order valence-corrected chi connectivity index (χ0v) is 15.9. The molecule has 2 aromatic carbocycles. The van der Waals surface area contributed by atoms with Crippen LogP contribution in [0, 0.1) is 0 Å². The van der Waals surface area contributed by atoms with Gasteiger partial charge in [-0.2, -0.15) is 5.10 Å². The van der Waals surface area contributed by atoms with E-state index in [9.17, 15) is 9.59 Å². The van der Waals surface area contributed by atoms with E-state index in [1.807, 2.05) is 0 Å². The minimum atomic E-state index is -0.480. The summed E-state index contributed by atoms with van der Waals surface area (Å²) in [5.41, 5.74) is 3.07. The van der Waals surface area contributed by atoms with Gasteiger partial charge in [0.05, 0.1) is 24.9 Å². The molecular weight excluding hydrogens is 393 g/mol. The van der Waals surface area contributed by atoms with Crippen molar-refractivity contribution in [2.24, 2.45) is 5.10 Å². The highest BCUT2D eigenvalue weighted by Crippen LogP contribution is 2.27. The molecule has 0 aromatic heterocycles. The number of carbonyl (C=O) groups excluding carboxylic acids is 2. The van der Waals surface area contributed by atoms with Crippen molar-refractivity contribution in [3.05, 3.63) is 58.1 Å². The fourth-order valence-electron chi connectivity index (χ4n) is 1.91. The summed E-state index contributed by atoms with van der Waals surface area (Å²) in [4.78, 5) is 23.4. The maximum Gasteiger partial charge on any atom is 0.259 e. The predicted molar refractivity (Wildman–Crippen MR) is 104 cm³/mol. The number of amides is 2. The summed E-state index contributed by atoms with van der Waals surface area (Å²) < 4.78 is 10.4. The Hall–Kier alpha value is -2.77. The lowest BCUT2D eigenvalue weighted by molar-refractivity contribution is -0.127. The van der Waals surface area contributed by atoms with Crippen molar-refractivity contribution in [2.45, 2.75) is 0 Å². The molecule has 2 aromatic rings. The average Bonchev–Trinajstić information content (AvgIpc) is 2.66. The fraction of sp³-hybridized carbons (Fsp3) is 0.167. The fourth-order valence-corrected chi connectivity index (χ4v) is 2.37. The number of nitrogens with one attached hydrogen (secondary N) is 2. The van der Waals surface area contributed by atoms with Crippen LogP contribution >= 0.6 is 23.2 Å². The third-order valence-corrected chi connectivity index (χ3v) is 3.73. The molecule has 9 heteroatoms. The van der Waals surface area contributed by atoms with Crippen molar-refractivity contribution in [3.63, 3.8) is 0 Å². The van der Waals surface area contributed by atoms with Gasteiger partial charge in [-0.05, 0) is 35.9 Å². The van der Waals surface area contributed by atoms with Crippen molar-refractivity contribution >= 4 is 41.2 Å². The molecule has 7 nitrogen and oxygen atoms in total. The van der Waals surface area contributed by atoms with Crippen LogP contribution in [0.3, 0.4) is 0 Å². The van der Waals surface area contributed by atoms with Gasteiger partial charge >= 0.3 is 0 Å². The number of benzene rings is 2. The summed E-state index contributed by atoms with van der Waals surface area (Å²) in [6, 6.07) is 11.8. The van der Waals surface area contributed by atoms with Gasteiger partial charge in [0.15, 0.2) is 6.61 Å². The molecular formula is C18H17Cl2N3O4. The van der Waals surface area contributed by atoms with Crippen molar-refractivity contribution < 1.29 is 19.1 Å². The Balaban J connectivity index is 1.71. The minimum Gasteiger partial charge on any atom is -0.497 e. The number of nitrogens with zero attached hydrogens (tertiary/aromatic N) is 1. The summed E-state index contributed by atoms with van der Waals surface area (Å²) in [6.45, 7) is -0.534. The summed E-state index contributed by atoms with van der Waals surface area (Å²) >= 11 is 11.7. The van der Waals surface area contributed by atoms with E-state index in [2.05, 4.69) is 15.8 Å². The smallest absolute Gasteiger partial charge is 0.259 e. The first-order chi connectivity index (χ1) is 13.0. The van der Waals surface area contributed by atoms with Crippen LogP contribution in [-0.4, -0.2) is 38.3 Å². The van der Waals surface area contributed by atoms with E-state index in [1.54, 1.807) is 43.5 Å². The Bertz CT molecular complexity index is 843. The van der Waals surface area contributed by atoms with Gasteiger partial charge in [0.1, 0.15) is 11.5 Å². The highest BCUT2D eigenvalue weighted by atomic mass is 35.5. The number of halogens is 2. The van der Waals surface area contributed by atoms with Crippen LogP contribution in [0.5, 0.6) is 11.5 Å². The molecule has 0 spiro atoms. The van der Waals surface area contributed by atoms with Crippen LogP contribution < -0.4 is 20.2 Å². The van der Waals surface area contributed by atoms with Gasteiger partial charge in [0.2, 0.25) is 0 Å². The molecule has 27 heavy (non-hydrogen) atoms. The molecule has 0 bridgehead atoms. The molecule has 0 radical (unpaired) electrons. The van der Waals surface area contributed by atoms with Crippen LogP contribution in [0.4, 0.5) is 0 Å². The van der Waals surface area contributed by atoms with E-state index in [0.29, 0.717) is 21.5 Å². The van der Waals surface area contributed by atoms with E-state index in [4.69, 9.17) is 32.7 Å². The van der Waals surface area contributed by atoms with Crippen molar-refractivity contribution in [1.82, 2.24) is 10.7 Å². The van der Waals surface area contributed by atoms with E-state index in [0.717, 1.165) is 5.56 Å². The van der Waals surface area contributed by atoms with Gasteiger partial charge in [-0.25, -0.2) is 5.43 Å². The summed E-state index contributed by atoms with van der Waals surface area (Å²) in [6.07, 6.45) is 1.47. The Morgan fingerprint density at radius 1 is 1.15 bits per heavy atom. The second-order valence-corrected chi connectivity index (χ2v) is 6.05. The second-order valence-electron chi connectivity index (χ2n) is 5.21. The van der Waals surface area contributed by atoms with Crippen LogP contribution in [0.25, 0.3) is 0 Å². The van der Waals surface area contributed by atoms with Crippen LogP contribution in [0.15, 0.2) is 47.6 Å². The SMILES string of the molecule is COc1cccc(/C=N/NC(=O)CNC(=O)COc2ccc(Cl)cc2Cl)c1. The molecule has 142 valence electrons. The second kappa shape index (κ2) is 10.4. The van der Waals surface area contributed by atoms with Gasteiger partial charge in [0, 0.05) is 5.02 Å². The molecule has 0 saturated carbocycles. The third kappa shape index (κ3) is 7.16. The van der Waals surface area contributed by atoms with Crippen molar-refractivity contribution in [2.75, 3.05) is 20.3 Å². The first kappa shape index (κ1) is 20.5. The van der Waals surface area contributed by atoms with E-state index in [-0.39, 0.29) is 13.2 Å². The minimum absolute atomic E-state index is 0.244. The zero-order chi connectivity index (χ0) is 19.6. The van der Waals surface area contributed by atoms with Crippen LogP contribution in [0.2, 0.25) is 10.0 Å². The molecule has 2 rings (SSSR count). The molecule has 2 amide bonds. The molecule has 0 aliphatic heterocycles. The van der Waals surface area contributed by atoms with Crippen molar-refractivity contribution in [1.29, 1.82) is 0 Å². The van der Waals surface area contributed by atoms with Crippen LogP contribution in [-0.2, 0) is 9.59 Å². The molecule has 0 unspecified atom stereocenters. The van der Waals surface area contributed by atoms with Gasteiger partial charge < -0.3 is 14.8 Å². The van der Waals surface area contributed by atoms with Gasteiger partial charge in [-0.15, -0.1) is 0 Å². The number of ether oxygens (including phenoxy) is 2. The first-order valence-corrected chi connectivity index (χ1v) is 8.54. The normalized spacial score (nSPS) is 10.5. The highest BCUT2D eigenvalue weighted by molar-refractivity contribution is 6.35. The topological polar surface area (TPSA) is 89.0 Å². The average molecular weight is 410 g/mol. The maximum atomic E-state index is 11.7. The molecule has 0 saturated heterocycles. The Morgan fingerprint density at radius 3 is 2.70 bits per heavy atom.